The van der Waals surface area contributed by atoms with Crippen molar-refractivity contribution in [3.63, 3.8) is 0 Å². The van der Waals surface area contributed by atoms with Gasteiger partial charge in [-0.15, -0.1) is 11.3 Å². The second-order valence-corrected chi connectivity index (χ2v) is 10.3. The van der Waals surface area contributed by atoms with Gasteiger partial charge in [-0.1, -0.05) is 11.6 Å². The maximum atomic E-state index is 14.9. The summed E-state index contributed by atoms with van der Waals surface area (Å²) in [7, 11) is 0. The number of thiazole rings is 1. The number of alkyl halides is 1. The summed E-state index contributed by atoms with van der Waals surface area (Å²) >= 11 is 7.95. The fraction of sp³-hybridized carbons (Fsp3) is 0.435. The maximum absolute atomic E-state index is 14.9. The first-order valence-electron chi connectivity index (χ1n) is 11.2. The van der Waals surface area contributed by atoms with Crippen LogP contribution in [-0.2, 0) is 12.2 Å². The first-order valence-corrected chi connectivity index (χ1v) is 12.4. The van der Waals surface area contributed by atoms with E-state index in [-0.39, 0.29) is 0 Å². The molecule has 1 saturated heterocycles. The van der Waals surface area contributed by atoms with Gasteiger partial charge in [-0.25, -0.2) is 14.4 Å². The molecule has 0 unspecified atom stereocenters. The molecule has 4 aromatic heterocycles. The van der Waals surface area contributed by atoms with Gasteiger partial charge in [0.15, 0.2) is 5.67 Å². The number of nitrogens with one attached hydrogen (secondary N) is 1. The monoisotopic (exact) mass is 470 g/mol. The molecule has 0 radical (unpaired) electrons. The van der Waals surface area contributed by atoms with Gasteiger partial charge in [-0.05, 0) is 51.3 Å². The lowest BCUT2D eigenvalue weighted by molar-refractivity contribution is 0.0606. The molecule has 1 aliphatic carbocycles. The number of nitrogens with zero attached hydrogens (tertiary/aromatic N) is 5. The Morgan fingerprint density at radius 3 is 2.72 bits per heavy atom. The normalized spacial score (nSPS) is 18.4. The van der Waals surface area contributed by atoms with E-state index in [1.807, 2.05) is 10.9 Å². The molecule has 166 valence electrons. The van der Waals surface area contributed by atoms with Crippen LogP contribution in [0.4, 0.5) is 4.39 Å². The average Bonchev–Trinajstić information content (AvgIpc) is 3.56. The molecule has 6 nitrogen and oxygen atoms in total. The number of H-pyrrole nitrogens is 1. The number of halogens is 2. The molecule has 5 heterocycles. The Kier molecular flexibility index (Phi) is 5.04. The number of fused-ring (bicyclic) bond motifs is 1. The second-order valence-electron chi connectivity index (χ2n) is 8.82. The zero-order chi connectivity index (χ0) is 21.7. The van der Waals surface area contributed by atoms with Crippen molar-refractivity contribution in [2.45, 2.75) is 44.3 Å². The number of hydrogen-bond acceptors (Lipinski definition) is 5. The van der Waals surface area contributed by atoms with Crippen LogP contribution in [0.15, 0.2) is 30.9 Å². The van der Waals surface area contributed by atoms with Gasteiger partial charge in [-0.3, -0.25) is 4.68 Å². The van der Waals surface area contributed by atoms with Crippen LogP contribution in [0.25, 0.3) is 32.7 Å². The molecular weight excluding hydrogens is 447 g/mol. The van der Waals surface area contributed by atoms with E-state index in [0.717, 1.165) is 52.2 Å². The zero-order valence-electron chi connectivity index (χ0n) is 17.7. The van der Waals surface area contributed by atoms with Gasteiger partial charge in [0.25, 0.3) is 0 Å². The minimum absolute atomic E-state index is 0.543. The Balaban J connectivity index is 1.30. The number of aromatic nitrogens is 5. The maximum Gasteiger partial charge on any atom is 0.162 e. The smallest absolute Gasteiger partial charge is 0.162 e. The minimum Gasteiger partial charge on any atom is -0.339 e. The highest BCUT2D eigenvalue weighted by Crippen LogP contribution is 2.48. The molecule has 0 amide bonds. The Morgan fingerprint density at radius 2 is 1.94 bits per heavy atom. The second kappa shape index (κ2) is 7.93. The fourth-order valence-corrected chi connectivity index (χ4v) is 6.07. The van der Waals surface area contributed by atoms with E-state index in [4.69, 9.17) is 11.6 Å². The Bertz CT molecular complexity index is 1270. The molecule has 2 fully saturated rings. The predicted octanol–water partition coefficient (Wildman–Crippen LogP) is 5.65. The average molecular weight is 471 g/mol. The van der Waals surface area contributed by atoms with Gasteiger partial charge in [-0.2, -0.15) is 5.10 Å². The zero-order valence-corrected chi connectivity index (χ0v) is 19.2. The van der Waals surface area contributed by atoms with Gasteiger partial charge >= 0.3 is 0 Å². The summed E-state index contributed by atoms with van der Waals surface area (Å²) in [5, 5.41) is 6.55. The molecule has 1 saturated carbocycles. The summed E-state index contributed by atoms with van der Waals surface area (Å²) in [6, 6.07) is 2.05. The van der Waals surface area contributed by atoms with Crippen molar-refractivity contribution in [1.82, 2.24) is 29.6 Å². The van der Waals surface area contributed by atoms with Crippen molar-refractivity contribution in [2.75, 3.05) is 19.6 Å². The van der Waals surface area contributed by atoms with E-state index in [2.05, 4.69) is 37.2 Å². The Labute approximate surface area is 194 Å². The molecule has 1 aliphatic heterocycles. The van der Waals surface area contributed by atoms with Crippen LogP contribution >= 0.6 is 22.9 Å². The summed E-state index contributed by atoms with van der Waals surface area (Å²) in [6.45, 7) is 4.28. The van der Waals surface area contributed by atoms with Crippen LogP contribution < -0.4 is 0 Å². The lowest BCUT2D eigenvalue weighted by Crippen LogP contribution is -2.28. The van der Waals surface area contributed by atoms with Crippen molar-refractivity contribution in [1.29, 1.82) is 0 Å². The van der Waals surface area contributed by atoms with Crippen LogP contribution in [-0.4, -0.2) is 49.3 Å². The molecule has 0 bridgehead atoms. The standard InChI is InChI=1S/C23H24ClFN6S/c24-17-12-26-21-16(20(17)19-13-27-22(32-19)23(25)4-3-5-23)10-18(29-21)15-11-28-31(14-15)9-8-30-6-1-2-7-30/h10-14H,1-9H2,(H,26,29). The first kappa shape index (κ1) is 20.3. The van der Waals surface area contributed by atoms with Crippen molar-refractivity contribution in [2.24, 2.45) is 0 Å². The van der Waals surface area contributed by atoms with Crippen LogP contribution in [0.1, 0.15) is 37.1 Å². The Hall–Kier alpha value is -2.29. The molecule has 4 aromatic rings. The van der Waals surface area contributed by atoms with E-state index in [1.165, 1.54) is 37.3 Å². The number of hydrogen-bond donors (Lipinski definition) is 1. The highest BCUT2D eigenvalue weighted by Gasteiger charge is 2.41. The summed E-state index contributed by atoms with van der Waals surface area (Å²) in [4.78, 5) is 15.6. The number of rotatable bonds is 6. The molecule has 6 rings (SSSR count). The molecule has 2 aliphatic rings. The van der Waals surface area contributed by atoms with Gasteiger partial charge in [0.05, 0.1) is 28.3 Å². The molecule has 0 atom stereocenters. The fourth-order valence-electron chi connectivity index (χ4n) is 4.63. The van der Waals surface area contributed by atoms with E-state index in [1.54, 1.807) is 12.4 Å². The highest BCUT2D eigenvalue weighted by molar-refractivity contribution is 7.15. The molecule has 0 spiro atoms. The number of likely N-dealkylation sites (tertiary alicyclic amines) is 1. The van der Waals surface area contributed by atoms with Gasteiger partial charge in [0.1, 0.15) is 10.7 Å². The lowest BCUT2D eigenvalue weighted by atomic mass is 9.83. The van der Waals surface area contributed by atoms with E-state index in [0.29, 0.717) is 22.9 Å². The number of aromatic amines is 1. The van der Waals surface area contributed by atoms with Crippen LogP contribution in [0.5, 0.6) is 0 Å². The highest BCUT2D eigenvalue weighted by atomic mass is 35.5. The third kappa shape index (κ3) is 3.54. The molecule has 9 heteroatoms. The summed E-state index contributed by atoms with van der Waals surface area (Å²) in [5.41, 5.74) is 2.28. The quantitative estimate of drug-likeness (QED) is 0.395. The van der Waals surface area contributed by atoms with Gasteiger partial charge in [0, 0.05) is 41.6 Å². The van der Waals surface area contributed by atoms with Crippen LogP contribution in [0.2, 0.25) is 5.02 Å². The Morgan fingerprint density at radius 1 is 1.09 bits per heavy atom. The van der Waals surface area contributed by atoms with Gasteiger partial charge in [0.2, 0.25) is 0 Å². The van der Waals surface area contributed by atoms with Crippen molar-refractivity contribution >= 4 is 34.0 Å². The topological polar surface area (TPSA) is 62.6 Å². The van der Waals surface area contributed by atoms with Crippen molar-refractivity contribution < 1.29 is 4.39 Å². The lowest BCUT2D eigenvalue weighted by Gasteiger charge is -2.31. The van der Waals surface area contributed by atoms with Crippen LogP contribution in [0.3, 0.4) is 0 Å². The van der Waals surface area contributed by atoms with Crippen LogP contribution in [0, 0.1) is 0 Å². The summed E-state index contributed by atoms with van der Waals surface area (Å²) in [6.07, 6.45) is 11.9. The van der Waals surface area contributed by atoms with Crippen molar-refractivity contribution in [3.8, 4) is 21.7 Å². The first-order chi connectivity index (χ1) is 15.6. The SMILES string of the molecule is FC1(c2ncc(-c3c(Cl)cnc4[nH]c(-c5cnn(CCN6CCCC6)c5)cc34)s2)CCC1. The van der Waals surface area contributed by atoms with E-state index in [9.17, 15) is 4.39 Å². The van der Waals surface area contributed by atoms with E-state index < -0.39 is 5.67 Å². The summed E-state index contributed by atoms with van der Waals surface area (Å²) in [5.74, 6) is 0. The molecular formula is C23H24ClFN6S. The third-order valence-electron chi connectivity index (χ3n) is 6.68. The molecule has 32 heavy (non-hydrogen) atoms. The molecule has 1 N–H and O–H groups in total. The third-order valence-corrected chi connectivity index (χ3v) is 8.16. The van der Waals surface area contributed by atoms with Gasteiger partial charge < -0.3 is 9.88 Å². The minimum atomic E-state index is -1.27. The number of pyridine rings is 1. The summed E-state index contributed by atoms with van der Waals surface area (Å²) < 4.78 is 16.9. The molecule has 0 aromatic carbocycles. The predicted molar refractivity (Wildman–Crippen MR) is 126 cm³/mol. The van der Waals surface area contributed by atoms with Crippen molar-refractivity contribution in [3.05, 3.63) is 40.9 Å². The van der Waals surface area contributed by atoms with E-state index >= 15 is 0 Å². The largest absolute Gasteiger partial charge is 0.339 e.